The molecule has 0 atom stereocenters. The number of H-pyrrole nitrogens is 1. The molecule has 1 heterocycles. The molecule has 2 rings (SSSR count). The van der Waals surface area contributed by atoms with Gasteiger partial charge in [0.2, 0.25) is 5.91 Å². The zero-order valence-corrected chi connectivity index (χ0v) is 11.0. The molecule has 0 saturated heterocycles. The molecule has 1 aromatic carbocycles. The smallest absolute Gasteiger partial charge is 0.220 e. The normalized spacial score (nSPS) is 10.4. The Morgan fingerprint density at radius 2 is 2.37 bits per heavy atom. The Balaban J connectivity index is 2.08. The monoisotopic (exact) mass is 258 g/mol. The first kappa shape index (κ1) is 13.2. The molecule has 2 N–H and O–H groups in total. The van der Waals surface area contributed by atoms with E-state index in [0.29, 0.717) is 19.4 Å². The summed E-state index contributed by atoms with van der Waals surface area (Å²) in [5.41, 5.74) is 2.19. The van der Waals surface area contributed by atoms with E-state index in [0.717, 1.165) is 22.2 Å². The minimum Gasteiger partial charge on any atom is -0.497 e. The Kier molecular flexibility index (Phi) is 4.23. The lowest BCUT2D eigenvalue weighted by Crippen LogP contribution is -2.23. The molecule has 4 nitrogen and oxygen atoms in total. The quantitative estimate of drug-likeness (QED) is 0.782. The predicted molar refractivity (Wildman–Crippen MR) is 76.4 cm³/mol. The van der Waals surface area contributed by atoms with Crippen molar-refractivity contribution in [2.24, 2.45) is 0 Å². The molecule has 0 aliphatic heterocycles. The van der Waals surface area contributed by atoms with Gasteiger partial charge in [-0.2, -0.15) is 0 Å². The molecular weight excluding hydrogens is 240 g/mol. The molecular formula is C15H18N2O2. The van der Waals surface area contributed by atoms with Crippen LogP contribution in [0.5, 0.6) is 5.75 Å². The number of carbonyl (C=O) groups excluding carboxylic acids is 1. The molecule has 4 heteroatoms. The zero-order chi connectivity index (χ0) is 13.7. The van der Waals surface area contributed by atoms with Crippen molar-refractivity contribution >= 4 is 16.8 Å². The lowest BCUT2D eigenvalue weighted by molar-refractivity contribution is -0.120. The number of rotatable bonds is 6. The Bertz CT molecular complexity index is 587. The van der Waals surface area contributed by atoms with Crippen molar-refractivity contribution in [2.45, 2.75) is 12.8 Å². The summed E-state index contributed by atoms with van der Waals surface area (Å²) >= 11 is 0. The molecule has 2 aromatic rings. The molecule has 0 radical (unpaired) electrons. The van der Waals surface area contributed by atoms with E-state index < -0.39 is 0 Å². The predicted octanol–water partition coefficient (Wildman–Crippen LogP) is 2.41. The number of amides is 1. The first-order valence-electron chi connectivity index (χ1n) is 6.26. The number of carbonyl (C=O) groups is 1. The van der Waals surface area contributed by atoms with E-state index in [1.807, 2.05) is 24.4 Å². The summed E-state index contributed by atoms with van der Waals surface area (Å²) in [4.78, 5) is 14.8. The number of nitrogens with one attached hydrogen (secondary N) is 2. The maximum absolute atomic E-state index is 11.6. The van der Waals surface area contributed by atoms with Gasteiger partial charge in [0.05, 0.1) is 7.11 Å². The molecule has 0 aliphatic carbocycles. The fourth-order valence-electron chi connectivity index (χ4n) is 2.01. The van der Waals surface area contributed by atoms with Gasteiger partial charge in [0.1, 0.15) is 5.75 Å². The number of fused-ring (bicyclic) bond motifs is 1. The average molecular weight is 258 g/mol. The lowest BCUT2D eigenvalue weighted by Gasteiger charge is -2.03. The number of hydrogen-bond acceptors (Lipinski definition) is 2. The van der Waals surface area contributed by atoms with Gasteiger partial charge in [-0.05, 0) is 30.2 Å². The number of hydrogen-bond donors (Lipinski definition) is 2. The lowest BCUT2D eigenvalue weighted by atomic mass is 10.1. The number of aromatic nitrogens is 1. The fourth-order valence-corrected chi connectivity index (χ4v) is 2.01. The summed E-state index contributed by atoms with van der Waals surface area (Å²) in [5.74, 6) is 0.863. The number of aromatic amines is 1. The number of methoxy groups -OCH3 is 1. The third kappa shape index (κ3) is 3.16. The first-order chi connectivity index (χ1) is 9.24. The molecule has 1 amide bonds. The maximum atomic E-state index is 11.6. The molecule has 0 spiro atoms. The van der Waals surface area contributed by atoms with Crippen LogP contribution in [0, 0.1) is 0 Å². The van der Waals surface area contributed by atoms with E-state index in [9.17, 15) is 4.79 Å². The molecule has 0 unspecified atom stereocenters. The second-order valence-corrected chi connectivity index (χ2v) is 4.32. The van der Waals surface area contributed by atoms with Crippen LogP contribution in [0.15, 0.2) is 37.1 Å². The van der Waals surface area contributed by atoms with Crippen molar-refractivity contribution in [3.05, 3.63) is 42.6 Å². The van der Waals surface area contributed by atoms with Crippen molar-refractivity contribution < 1.29 is 9.53 Å². The van der Waals surface area contributed by atoms with E-state index in [2.05, 4.69) is 16.9 Å². The highest BCUT2D eigenvalue weighted by Crippen LogP contribution is 2.24. The van der Waals surface area contributed by atoms with Crippen LogP contribution in [-0.4, -0.2) is 24.5 Å². The van der Waals surface area contributed by atoms with Crippen LogP contribution in [0.2, 0.25) is 0 Å². The summed E-state index contributed by atoms with van der Waals surface area (Å²) in [6.45, 7) is 4.08. The third-order valence-electron chi connectivity index (χ3n) is 3.04. The molecule has 19 heavy (non-hydrogen) atoms. The second kappa shape index (κ2) is 6.09. The maximum Gasteiger partial charge on any atom is 0.220 e. The highest BCUT2D eigenvalue weighted by Gasteiger charge is 2.07. The van der Waals surface area contributed by atoms with Gasteiger partial charge >= 0.3 is 0 Å². The SMILES string of the molecule is C=CCNC(=O)CCc1c[nH]c2ccc(OC)cc12. The van der Waals surface area contributed by atoms with Gasteiger partial charge in [-0.25, -0.2) is 0 Å². The van der Waals surface area contributed by atoms with E-state index in [-0.39, 0.29) is 5.91 Å². The summed E-state index contributed by atoms with van der Waals surface area (Å²) in [5, 5.41) is 3.88. The minimum atomic E-state index is 0.0390. The Hall–Kier alpha value is -2.23. The van der Waals surface area contributed by atoms with Crippen molar-refractivity contribution in [3.63, 3.8) is 0 Å². The Morgan fingerprint density at radius 1 is 1.53 bits per heavy atom. The van der Waals surface area contributed by atoms with Crippen LogP contribution in [0.3, 0.4) is 0 Å². The highest BCUT2D eigenvalue weighted by molar-refractivity contribution is 5.85. The van der Waals surface area contributed by atoms with Crippen molar-refractivity contribution in [3.8, 4) is 5.75 Å². The minimum absolute atomic E-state index is 0.0390. The van der Waals surface area contributed by atoms with Gasteiger partial charge in [0, 0.05) is 30.1 Å². The molecule has 1 aromatic heterocycles. The van der Waals surface area contributed by atoms with Crippen molar-refractivity contribution in [1.29, 1.82) is 0 Å². The van der Waals surface area contributed by atoms with Gasteiger partial charge in [-0.3, -0.25) is 4.79 Å². The van der Waals surface area contributed by atoms with Gasteiger partial charge in [0.25, 0.3) is 0 Å². The molecule has 0 aliphatic rings. The van der Waals surface area contributed by atoms with Crippen molar-refractivity contribution in [2.75, 3.05) is 13.7 Å². The van der Waals surface area contributed by atoms with Gasteiger partial charge in [0.15, 0.2) is 0 Å². The largest absolute Gasteiger partial charge is 0.497 e. The zero-order valence-electron chi connectivity index (χ0n) is 11.0. The van der Waals surface area contributed by atoms with Crippen LogP contribution >= 0.6 is 0 Å². The van der Waals surface area contributed by atoms with Gasteiger partial charge in [-0.15, -0.1) is 6.58 Å². The average Bonchev–Trinajstić information content (AvgIpc) is 2.84. The number of ether oxygens (including phenoxy) is 1. The Labute approximate surface area is 112 Å². The van der Waals surface area contributed by atoms with E-state index in [4.69, 9.17) is 4.74 Å². The van der Waals surface area contributed by atoms with E-state index in [1.54, 1.807) is 13.2 Å². The summed E-state index contributed by atoms with van der Waals surface area (Å²) in [7, 11) is 1.65. The highest BCUT2D eigenvalue weighted by atomic mass is 16.5. The summed E-state index contributed by atoms with van der Waals surface area (Å²) in [6.07, 6.45) is 4.80. The van der Waals surface area contributed by atoms with Crippen LogP contribution in [0.4, 0.5) is 0 Å². The molecule has 0 bridgehead atoms. The fraction of sp³-hybridized carbons (Fsp3) is 0.267. The first-order valence-corrected chi connectivity index (χ1v) is 6.26. The van der Waals surface area contributed by atoms with E-state index in [1.165, 1.54) is 0 Å². The molecule has 100 valence electrons. The van der Waals surface area contributed by atoms with Gasteiger partial charge < -0.3 is 15.0 Å². The molecule has 0 saturated carbocycles. The van der Waals surface area contributed by atoms with Crippen molar-refractivity contribution in [1.82, 2.24) is 10.3 Å². The standard InChI is InChI=1S/C15H18N2O2/c1-3-8-16-15(18)7-4-11-10-17-14-6-5-12(19-2)9-13(11)14/h3,5-6,9-10,17H,1,4,7-8H2,2H3,(H,16,18). The third-order valence-corrected chi connectivity index (χ3v) is 3.04. The van der Waals surface area contributed by atoms with Crippen LogP contribution in [-0.2, 0) is 11.2 Å². The van der Waals surface area contributed by atoms with Crippen LogP contribution < -0.4 is 10.1 Å². The van der Waals surface area contributed by atoms with Crippen LogP contribution in [0.25, 0.3) is 10.9 Å². The van der Waals surface area contributed by atoms with E-state index >= 15 is 0 Å². The molecule has 0 fully saturated rings. The Morgan fingerprint density at radius 3 is 3.11 bits per heavy atom. The summed E-state index contributed by atoms with van der Waals surface area (Å²) in [6, 6.07) is 5.89. The topological polar surface area (TPSA) is 54.1 Å². The number of aryl methyl sites for hydroxylation is 1. The van der Waals surface area contributed by atoms with Crippen LogP contribution in [0.1, 0.15) is 12.0 Å². The summed E-state index contributed by atoms with van der Waals surface area (Å²) < 4.78 is 5.22. The van der Waals surface area contributed by atoms with Gasteiger partial charge in [-0.1, -0.05) is 6.08 Å². The number of benzene rings is 1. The second-order valence-electron chi connectivity index (χ2n) is 4.32.